The lowest BCUT2D eigenvalue weighted by molar-refractivity contribution is -0.156. The van der Waals surface area contributed by atoms with Gasteiger partial charge in [0.05, 0.1) is 5.75 Å². The van der Waals surface area contributed by atoms with Gasteiger partial charge < -0.3 is 15.3 Å². The quantitative estimate of drug-likeness (QED) is 0.620. The van der Waals surface area contributed by atoms with E-state index in [2.05, 4.69) is 5.32 Å². The maximum Gasteiger partial charge on any atom is 0.327 e. The normalized spacial score (nSPS) is 24.7. The van der Waals surface area contributed by atoms with E-state index in [0.717, 1.165) is 15.1 Å². The fraction of sp³-hybridized carbons (Fsp3) is 0.375. The van der Waals surface area contributed by atoms with Gasteiger partial charge in [0.15, 0.2) is 0 Å². The minimum Gasteiger partial charge on any atom is -0.480 e. The lowest BCUT2D eigenvalue weighted by atomic mass is 9.98. The summed E-state index contributed by atoms with van der Waals surface area (Å²) in [5.74, 6) is -2.39. The number of hydrogen-bond donors (Lipinski definition) is 2. The molecule has 0 aliphatic carbocycles. The van der Waals surface area contributed by atoms with Crippen molar-refractivity contribution in [3.8, 4) is 0 Å². The van der Waals surface area contributed by atoms with E-state index >= 15 is 0 Å². The van der Waals surface area contributed by atoms with E-state index in [1.54, 1.807) is 18.2 Å². The molecule has 2 amide bonds. The van der Waals surface area contributed by atoms with Gasteiger partial charge in [-0.05, 0) is 36.6 Å². The van der Waals surface area contributed by atoms with Crippen molar-refractivity contribution in [3.63, 3.8) is 0 Å². The van der Waals surface area contributed by atoms with Crippen LogP contribution in [0.5, 0.6) is 0 Å². The van der Waals surface area contributed by atoms with Crippen molar-refractivity contribution in [2.75, 3.05) is 18.8 Å². The fourth-order valence-electron chi connectivity index (χ4n) is 4.61. The summed E-state index contributed by atoms with van der Waals surface area (Å²) in [5, 5.41) is 14.3. The number of hydrogen-bond acceptors (Lipinski definition) is 5. The van der Waals surface area contributed by atoms with E-state index in [0.29, 0.717) is 12.0 Å². The third kappa shape index (κ3) is 4.55. The van der Waals surface area contributed by atoms with E-state index < -0.39 is 45.9 Å². The standard InChI is InChI=1S/C24H27N3O6S/c1-2-34(32,33)26-14-17-10-4-6-13-20(23(29)27(17)21(15-26)24(30)31)25-22(28)19-12-7-9-16-8-3-5-11-18(16)19/h3-9,11-12,17,20-21H,2,10,13-15H2,1H3,(H,25,28)(H,30,31)/b6-4-/t17-,20-,21-/m0/s1. The number of amides is 2. The molecule has 9 nitrogen and oxygen atoms in total. The lowest BCUT2D eigenvalue weighted by Crippen LogP contribution is -2.66. The molecule has 0 radical (unpaired) electrons. The van der Waals surface area contributed by atoms with Gasteiger partial charge in [0, 0.05) is 24.7 Å². The Balaban J connectivity index is 1.63. The molecule has 0 unspecified atom stereocenters. The zero-order valence-electron chi connectivity index (χ0n) is 18.8. The second kappa shape index (κ2) is 9.55. The van der Waals surface area contributed by atoms with Crippen molar-refractivity contribution in [1.82, 2.24) is 14.5 Å². The number of fused-ring (bicyclic) bond motifs is 2. The first-order chi connectivity index (χ1) is 16.2. The van der Waals surface area contributed by atoms with Crippen molar-refractivity contribution in [1.29, 1.82) is 0 Å². The van der Waals surface area contributed by atoms with Gasteiger partial charge in [-0.2, -0.15) is 4.31 Å². The van der Waals surface area contributed by atoms with Crippen molar-refractivity contribution in [2.45, 2.75) is 37.9 Å². The molecule has 10 heteroatoms. The minimum atomic E-state index is -3.63. The number of piperazine rings is 1. The molecule has 4 rings (SSSR count). The largest absolute Gasteiger partial charge is 0.480 e. The van der Waals surface area contributed by atoms with Crippen LogP contribution in [0.15, 0.2) is 54.6 Å². The molecule has 2 aliphatic rings. The number of rotatable bonds is 5. The molecule has 2 heterocycles. The van der Waals surface area contributed by atoms with Crippen LogP contribution in [0.3, 0.4) is 0 Å². The summed E-state index contributed by atoms with van der Waals surface area (Å²) in [5.41, 5.74) is 0.419. The summed E-state index contributed by atoms with van der Waals surface area (Å²) >= 11 is 0. The number of carboxylic acids is 1. The molecule has 2 N–H and O–H groups in total. The zero-order valence-corrected chi connectivity index (χ0v) is 19.6. The van der Waals surface area contributed by atoms with Gasteiger partial charge in [-0.15, -0.1) is 0 Å². The SMILES string of the molecule is CCS(=O)(=O)N1C[C@@H]2C/C=C\C[C@H](NC(=O)c3cccc4ccccc34)C(=O)N2[C@H](C(=O)O)C1. The van der Waals surface area contributed by atoms with E-state index in [1.807, 2.05) is 36.4 Å². The highest BCUT2D eigenvalue weighted by molar-refractivity contribution is 7.89. The van der Waals surface area contributed by atoms with Crippen LogP contribution >= 0.6 is 0 Å². The smallest absolute Gasteiger partial charge is 0.327 e. The number of carbonyl (C=O) groups excluding carboxylic acids is 2. The Morgan fingerprint density at radius 3 is 2.50 bits per heavy atom. The molecule has 3 atom stereocenters. The molecule has 1 saturated heterocycles. The van der Waals surface area contributed by atoms with E-state index in [9.17, 15) is 27.9 Å². The highest BCUT2D eigenvalue weighted by atomic mass is 32.2. The summed E-state index contributed by atoms with van der Waals surface area (Å²) < 4.78 is 26.1. The zero-order chi connectivity index (χ0) is 24.5. The number of benzene rings is 2. The highest BCUT2D eigenvalue weighted by Gasteiger charge is 2.46. The predicted molar refractivity (Wildman–Crippen MR) is 127 cm³/mol. The summed E-state index contributed by atoms with van der Waals surface area (Å²) in [6.45, 7) is 1.20. The molecule has 1 fully saturated rings. The number of carboxylic acid groups (broad SMARTS) is 1. The Hall–Kier alpha value is -3.24. The van der Waals surface area contributed by atoms with Crippen molar-refractivity contribution in [2.24, 2.45) is 0 Å². The van der Waals surface area contributed by atoms with E-state index in [-0.39, 0.29) is 25.3 Å². The summed E-state index contributed by atoms with van der Waals surface area (Å²) in [4.78, 5) is 40.0. The second-order valence-electron chi connectivity index (χ2n) is 8.47. The molecule has 0 bridgehead atoms. The first-order valence-corrected chi connectivity index (χ1v) is 12.8. The van der Waals surface area contributed by atoms with Crippen LogP contribution in [-0.2, 0) is 19.6 Å². The predicted octanol–water partition coefficient (Wildman–Crippen LogP) is 1.60. The topological polar surface area (TPSA) is 124 Å². The van der Waals surface area contributed by atoms with Gasteiger partial charge in [-0.25, -0.2) is 13.2 Å². The highest BCUT2D eigenvalue weighted by Crippen LogP contribution is 2.26. The molecule has 0 aromatic heterocycles. The van der Waals surface area contributed by atoms with Gasteiger partial charge in [0.2, 0.25) is 15.9 Å². The van der Waals surface area contributed by atoms with Crippen LogP contribution in [0.2, 0.25) is 0 Å². The number of nitrogens with zero attached hydrogens (tertiary/aromatic N) is 2. The number of nitrogens with one attached hydrogen (secondary N) is 1. The molecule has 34 heavy (non-hydrogen) atoms. The Labute approximate surface area is 198 Å². The van der Waals surface area contributed by atoms with E-state index in [4.69, 9.17) is 0 Å². The van der Waals surface area contributed by atoms with Crippen molar-refractivity contribution in [3.05, 3.63) is 60.2 Å². The lowest BCUT2D eigenvalue weighted by Gasteiger charge is -2.45. The van der Waals surface area contributed by atoms with Gasteiger partial charge in [-0.1, -0.05) is 48.6 Å². The van der Waals surface area contributed by atoms with Crippen LogP contribution in [0, 0.1) is 0 Å². The molecule has 2 aromatic rings. The van der Waals surface area contributed by atoms with Gasteiger partial charge >= 0.3 is 5.97 Å². The average Bonchev–Trinajstić information content (AvgIpc) is 2.83. The van der Waals surface area contributed by atoms with Crippen LogP contribution in [0.1, 0.15) is 30.1 Å². The van der Waals surface area contributed by atoms with Gasteiger partial charge in [-0.3, -0.25) is 9.59 Å². The third-order valence-electron chi connectivity index (χ3n) is 6.40. The molecule has 0 saturated carbocycles. The van der Waals surface area contributed by atoms with E-state index in [1.165, 1.54) is 11.8 Å². The summed E-state index contributed by atoms with van der Waals surface area (Å²) in [7, 11) is -3.63. The van der Waals surface area contributed by atoms with Crippen LogP contribution in [0.4, 0.5) is 0 Å². The number of sulfonamides is 1. The van der Waals surface area contributed by atoms with Crippen LogP contribution in [-0.4, -0.2) is 77.5 Å². The average molecular weight is 486 g/mol. The molecular weight excluding hydrogens is 458 g/mol. The molecule has 2 aromatic carbocycles. The van der Waals surface area contributed by atoms with Gasteiger partial charge in [0.25, 0.3) is 5.91 Å². The first-order valence-electron chi connectivity index (χ1n) is 11.2. The second-order valence-corrected chi connectivity index (χ2v) is 10.7. The Morgan fingerprint density at radius 1 is 1.06 bits per heavy atom. The number of carbonyl (C=O) groups is 3. The third-order valence-corrected chi connectivity index (χ3v) is 8.22. The summed E-state index contributed by atoms with van der Waals surface area (Å²) in [6.07, 6.45) is 4.12. The van der Waals surface area contributed by atoms with Crippen molar-refractivity contribution < 1.29 is 27.9 Å². The molecular formula is C24H27N3O6S. The van der Waals surface area contributed by atoms with Gasteiger partial charge in [0.1, 0.15) is 12.1 Å². The number of aliphatic carboxylic acids is 1. The minimum absolute atomic E-state index is 0.0139. The van der Waals surface area contributed by atoms with Crippen LogP contribution in [0.25, 0.3) is 10.8 Å². The Kier molecular flexibility index (Phi) is 6.72. The molecule has 180 valence electrons. The maximum absolute atomic E-state index is 13.5. The van der Waals surface area contributed by atoms with Crippen LogP contribution < -0.4 is 5.32 Å². The monoisotopic (exact) mass is 485 g/mol. The Morgan fingerprint density at radius 2 is 1.76 bits per heavy atom. The van der Waals surface area contributed by atoms with Crippen molar-refractivity contribution >= 4 is 38.6 Å². The fourth-order valence-corrected chi connectivity index (χ4v) is 5.74. The molecule has 0 spiro atoms. The molecule has 2 aliphatic heterocycles. The maximum atomic E-state index is 13.5. The Bertz CT molecular complexity index is 1250. The summed E-state index contributed by atoms with van der Waals surface area (Å²) in [6, 6.07) is 9.80. The first kappa shape index (κ1) is 23.9.